The maximum Gasteiger partial charge on any atom is 0.260 e. The molecule has 1 saturated heterocycles. The Hall–Kier alpha value is -2.04. The zero-order chi connectivity index (χ0) is 16.9. The van der Waals surface area contributed by atoms with Crippen LogP contribution in [-0.4, -0.2) is 36.4 Å². The van der Waals surface area contributed by atoms with E-state index >= 15 is 0 Å². The standard InChI is InChI=1S/C18H26N2O3/c1-18(2,3)17(22)19-14-8-7-9-15(12-14)23-13-16(21)20-10-5-4-6-11-20/h7-9,12H,4-6,10-11,13H2,1-3H3,(H,19,22). The maximum atomic E-state index is 12.1. The van der Waals surface area contributed by atoms with Crippen LogP contribution in [0.4, 0.5) is 5.69 Å². The van der Waals surface area contributed by atoms with Crippen molar-refractivity contribution in [2.75, 3.05) is 25.0 Å². The molecule has 5 nitrogen and oxygen atoms in total. The summed E-state index contributed by atoms with van der Waals surface area (Å²) in [4.78, 5) is 26.0. The number of carbonyl (C=O) groups is 2. The molecule has 2 amide bonds. The zero-order valence-electron chi connectivity index (χ0n) is 14.2. The SMILES string of the molecule is CC(C)(C)C(=O)Nc1cccc(OCC(=O)N2CCCCC2)c1. The minimum Gasteiger partial charge on any atom is -0.484 e. The van der Waals surface area contributed by atoms with Crippen molar-refractivity contribution in [1.29, 1.82) is 0 Å². The number of likely N-dealkylation sites (tertiary alicyclic amines) is 1. The third kappa shape index (κ3) is 5.27. The monoisotopic (exact) mass is 318 g/mol. The Morgan fingerprint density at radius 2 is 1.87 bits per heavy atom. The van der Waals surface area contributed by atoms with Gasteiger partial charge >= 0.3 is 0 Å². The molecule has 1 heterocycles. The summed E-state index contributed by atoms with van der Waals surface area (Å²) in [7, 11) is 0. The fourth-order valence-corrected chi connectivity index (χ4v) is 2.36. The van der Waals surface area contributed by atoms with E-state index in [4.69, 9.17) is 4.74 Å². The van der Waals surface area contributed by atoms with Crippen LogP contribution in [0.2, 0.25) is 0 Å². The maximum absolute atomic E-state index is 12.1. The number of hydrogen-bond donors (Lipinski definition) is 1. The molecule has 1 aliphatic heterocycles. The normalized spacial score (nSPS) is 15.2. The number of ether oxygens (including phenoxy) is 1. The number of hydrogen-bond acceptors (Lipinski definition) is 3. The van der Waals surface area contributed by atoms with Gasteiger partial charge in [0.25, 0.3) is 5.91 Å². The molecule has 1 fully saturated rings. The first-order chi connectivity index (χ1) is 10.9. The molecule has 2 rings (SSSR count). The molecule has 23 heavy (non-hydrogen) atoms. The van der Waals surface area contributed by atoms with E-state index in [1.165, 1.54) is 6.42 Å². The summed E-state index contributed by atoms with van der Waals surface area (Å²) in [6.45, 7) is 7.27. The molecule has 0 spiro atoms. The van der Waals surface area contributed by atoms with Gasteiger partial charge in [-0.2, -0.15) is 0 Å². The van der Waals surface area contributed by atoms with Crippen LogP contribution >= 0.6 is 0 Å². The molecule has 5 heteroatoms. The van der Waals surface area contributed by atoms with Crippen molar-refractivity contribution >= 4 is 17.5 Å². The van der Waals surface area contributed by atoms with Crippen molar-refractivity contribution in [3.63, 3.8) is 0 Å². The molecule has 0 bridgehead atoms. The lowest BCUT2D eigenvalue weighted by atomic mass is 9.95. The van der Waals surface area contributed by atoms with Crippen molar-refractivity contribution in [2.45, 2.75) is 40.0 Å². The predicted octanol–water partition coefficient (Wildman–Crippen LogP) is 3.06. The number of rotatable bonds is 4. The summed E-state index contributed by atoms with van der Waals surface area (Å²) in [6, 6.07) is 7.14. The summed E-state index contributed by atoms with van der Waals surface area (Å²) in [6.07, 6.45) is 3.33. The largest absolute Gasteiger partial charge is 0.484 e. The first-order valence-corrected chi connectivity index (χ1v) is 8.18. The average Bonchev–Trinajstić information content (AvgIpc) is 2.53. The number of nitrogens with zero attached hydrogens (tertiary/aromatic N) is 1. The summed E-state index contributed by atoms with van der Waals surface area (Å²) in [5, 5.41) is 2.86. The molecule has 0 unspecified atom stereocenters. The molecule has 0 aliphatic carbocycles. The van der Waals surface area contributed by atoms with Gasteiger partial charge in [-0.3, -0.25) is 9.59 Å². The van der Waals surface area contributed by atoms with E-state index in [1.54, 1.807) is 18.2 Å². The van der Waals surface area contributed by atoms with Crippen molar-refractivity contribution in [3.8, 4) is 5.75 Å². The molecule has 1 aliphatic rings. The second-order valence-electron chi connectivity index (χ2n) is 6.96. The Kier molecular flexibility index (Phi) is 5.64. The number of carbonyl (C=O) groups excluding carboxylic acids is 2. The van der Waals surface area contributed by atoms with E-state index in [-0.39, 0.29) is 18.4 Å². The van der Waals surface area contributed by atoms with Crippen LogP contribution in [0.3, 0.4) is 0 Å². The summed E-state index contributed by atoms with van der Waals surface area (Å²) < 4.78 is 5.59. The lowest BCUT2D eigenvalue weighted by Gasteiger charge is -2.26. The highest BCUT2D eigenvalue weighted by Gasteiger charge is 2.21. The Morgan fingerprint density at radius 3 is 2.52 bits per heavy atom. The molecule has 1 N–H and O–H groups in total. The number of amides is 2. The van der Waals surface area contributed by atoms with Crippen LogP contribution in [0.5, 0.6) is 5.75 Å². The second kappa shape index (κ2) is 7.49. The molecule has 0 saturated carbocycles. The van der Waals surface area contributed by atoms with E-state index in [0.29, 0.717) is 11.4 Å². The highest BCUT2D eigenvalue weighted by molar-refractivity contribution is 5.94. The molecule has 1 aromatic rings. The molecule has 0 atom stereocenters. The molecule has 0 aromatic heterocycles. The fourth-order valence-electron chi connectivity index (χ4n) is 2.36. The summed E-state index contributed by atoms with van der Waals surface area (Å²) >= 11 is 0. The highest BCUT2D eigenvalue weighted by atomic mass is 16.5. The quantitative estimate of drug-likeness (QED) is 0.928. The van der Waals surface area contributed by atoms with Crippen LogP contribution in [-0.2, 0) is 9.59 Å². The summed E-state index contributed by atoms with van der Waals surface area (Å²) in [5.41, 5.74) is 0.217. The number of nitrogens with one attached hydrogen (secondary N) is 1. The third-order valence-electron chi connectivity index (χ3n) is 3.84. The Labute approximate surface area is 138 Å². The zero-order valence-corrected chi connectivity index (χ0v) is 14.2. The van der Waals surface area contributed by atoms with Gasteiger partial charge in [0.15, 0.2) is 6.61 Å². The molecule has 1 aromatic carbocycles. The molecule has 0 radical (unpaired) electrons. The second-order valence-corrected chi connectivity index (χ2v) is 6.96. The summed E-state index contributed by atoms with van der Waals surface area (Å²) in [5.74, 6) is 0.551. The molecule has 126 valence electrons. The third-order valence-corrected chi connectivity index (χ3v) is 3.84. The Bertz CT molecular complexity index is 558. The van der Waals surface area contributed by atoms with E-state index in [0.717, 1.165) is 25.9 Å². The van der Waals surface area contributed by atoms with E-state index in [2.05, 4.69) is 5.32 Å². The number of anilines is 1. The fraction of sp³-hybridized carbons (Fsp3) is 0.556. The van der Waals surface area contributed by atoms with Gasteiger partial charge in [-0.15, -0.1) is 0 Å². The minimum absolute atomic E-state index is 0.0221. The van der Waals surface area contributed by atoms with Gasteiger partial charge in [0.05, 0.1) is 0 Å². The van der Waals surface area contributed by atoms with Crippen LogP contribution in [0, 0.1) is 5.41 Å². The first-order valence-electron chi connectivity index (χ1n) is 8.18. The van der Waals surface area contributed by atoms with Gasteiger partial charge in [0, 0.05) is 30.3 Å². The molecular formula is C18H26N2O3. The van der Waals surface area contributed by atoms with E-state index < -0.39 is 5.41 Å². The van der Waals surface area contributed by atoms with Crippen LogP contribution < -0.4 is 10.1 Å². The highest BCUT2D eigenvalue weighted by Crippen LogP contribution is 2.21. The van der Waals surface area contributed by atoms with E-state index in [1.807, 2.05) is 31.7 Å². The van der Waals surface area contributed by atoms with Crippen molar-refractivity contribution in [2.24, 2.45) is 5.41 Å². The van der Waals surface area contributed by atoms with Gasteiger partial charge in [0.2, 0.25) is 5.91 Å². The van der Waals surface area contributed by atoms with Crippen LogP contribution in [0.15, 0.2) is 24.3 Å². The minimum atomic E-state index is -0.457. The van der Waals surface area contributed by atoms with Gasteiger partial charge in [-0.05, 0) is 31.4 Å². The Balaban J connectivity index is 1.89. The topological polar surface area (TPSA) is 58.6 Å². The van der Waals surface area contributed by atoms with Crippen LogP contribution in [0.1, 0.15) is 40.0 Å². The van der Waals surface area contributed by atoms with Gasteiger partial charge < -0.3 is 15.0 Å². The lowest BCUT2D eigenvalue weighted by molar-refractivity contribution is -0.134. The predicted molar refractivity (Wildman–Crippen MR) is 90.5 cm³/mol. The first kappa shape index (κ1) is 17.3. The lowest BCUT2D eigenvalue weighted by Crippen LogP contribution is -2.38. The van der Waals surface area contributed by atoms with Gasteiger partial charge in [0.1, 0.15) is 5.75 Å². The Morgan fingerprint density at radius 1 is 1.17 bits per heavy atom. The van der Waals surface area contributed by atoms with Gasteiger partial charge in [-0.25, -0.2) is 0 Å². The smallest absolute Gasteiger partial charge is 0.260 e. The van der Waals surface area contributed by atoms with E-state index in [9.17, 15) is 9.59 Å². The van der Waals surface area contributed by atoms with Crippen molar-refractivity contribution in [3.05, 3.63) is 24.3 Å². The average molecular weight is 318 g/mol. The molecular weight excluding hydrogens is 292 g/mol. The van der Waals surface area contributed by atoms with Crippen LogP contribution in [0.25, 0.3) is 0 Å². The van der Waals surface area contributed by atoms with Crippen molar-refractivity contribution < 1.29 is 14.3 Å². The number of piperidine rings is 1. The van der Waals surface area contributed by atoms with Gasteiger partial charge in [-0.1, -0.05) is 26.8 Å². The number of benzene rings is 1. The van der Waals surface area contributed by atoms with Crippen molar-refractivity contribution in [1.82, 2.24) is 4.90 Å².